The molecule has 2 aromatic heterocycles. The number of carbonyl (C=O) groups excluding carboxylic acids is 2. The number of imidazole rings is 1. The molecule has 19 nitrogen and oxygen atoms in total. The monoisotopic (exact) mass is 1030 g/mol. The van der Waals surface area contributed by atoms with Crippen LogP contribution < -0.4 is 30.8 Å². The fourth-order valence-electron chi connectivity index (χ4n) is 6.61. The Bertz CT molecular complexity index is 2760. The van der Waals surface area contributed by atoms with E-state index in [1.165, 1.54) is 6.20 Å². The molecule has 0 bridgehead atoms. The Kier molecular flexibility index (Phi) is 23.7. The van der Waals surface area contributed by atoms with E-state index in [1.54, 1.807) is 54.2 Å². The number of aromatic nitrogens is 3. The van der Waals surface area contributed by atoms with E-state index in [-0.39, 0.29) is 18.7 Å². The van der Waals surface area contributed by atoms with Gasteiger partial charge in [-0.2, -0.15) is 0 Å². The molecule has 0 aliphatic heterocycles. The lowest BCUT2D eigenvalue weighted by Gasteiger charge is -2.16. The average Bonchev–Trinajstić information content (AvgIpc) is 3.80. The Morgan fingerprint density at radius 3 is 1.94 bits per heavy atom. The second-order valence-electron chi connectivity index (χ2n) is 16.4. The second-order valence-corrected chi connectivity index (χ2v) is 18.9. The number of amides is 2. The molecule has 0 radical (unpaired) electrons. The van der Waals surface area contributed by atoms with Crippen LogP contribution in [0, 0.1) is 13.8 Å². The number of alkyl carbamates (subject to hydrolysis) is 1. The van der Waals surface area contributed by atoms with Gasteiger partial charge in [0.25, 0.3) is 5.91 Å². The van der Waals surface area contributed by atoms with Gasteiger partial charge in [0.05, 0.1) is 41.7 Å². The molecule has 0 fully saturated rings. The van der Waals surface area contributed by atoms with Crippen LogP contribution in [0.4, 0.5) is 10.7 Å². The van der Waals surface area contributed by atoms with E-state index in [9.17, 15) is 32.7 Å². The lowest BCUT2D eigenvalue weighted by Crippen LogP contribution is -2.47. The number of pyridine rings is 1. The zero-order valence-corrected chi connectivity index (χ0v) is 42.6. The third-order valence-corrected chi connectivity index (χ3v) is 13.0. The van der Waals surface area contributed by atoms with E-state index >= 15 is 0 Å². The zero-order chi connectivity index (χ0) is 51.7. The highest BCUT2D eigenvalue weighted by Gasteiger charge is 2.23. The molecule has 3 unspecified atom stereocenters. The number of benzene rings is 4. The summed E-state index contributed by atoms with van der Waals surface area (Å²) in [5.74, 6) is -1.30. The van der Waals surface area contributed by atoms with Crippen molar-refractivity contribution in [1.29, 1.82) is 0 Å². The molecular weight excluding hydrogens is 965 g/mol. The number of carboxylic acid groups (broad SMARTS) is 1. The highest BCUT2D eigenvalue weighted by atomic mass is 32.2. The predicted octanol–water partition coefficient (Wildman–Crippen LogP) is 5.05. The minimum absolute atomic E-state index is 0.123. The number of anilines is 1. The van der Waals surface area contributed by atoms with Gasteiger partial charge in [-0.05, 0) is 74.2 Å². The van der Waals surface area contributed by atoms with Crippen molar-refractivity contribution in [3.63, 3.8) is 0 Å². The van der Waals surface area contributed by atoms with Gasteiger partial charge in [0.1, 0.15) is 40.2 Å². The molecule has 21 heteroatoms. The first-order valence-corrected chi connectivity index (χ1v) is 25.6. The number of hydrogen-bond donors (Lipinski definition) is 6. The van der Waals surface area contributed by atoms with Crippen molar-refractivity contribution >= 4 is 56.8 Å². The first-order valence-electron chi connectivity index (χ1n) is 23.3. The fourth-order valence-corrected chi connectivity index (χ4v) is 8.45. The maximum atomic E-state index is 13.1. The summed E-state index contributed by atoms with van der Waals surface area (Å²) < 4.78 is 55.2. The maximum absolute atomic E-state index is 13.1. The molecule has 72 heavy (non-hydrogen) atoms. The van der Waals surface area contributed by atoms with Crippen molar-refractivity contribution in [3.05, 3.63) is 154 Å². The molecule has 4 aromatic carbocycles. The third-order valence-electron chi connectivity index (χ3n) is 10.6. The summed E-state index contributed by atoms with van der Waals surface area (Å²) in [6, 6.07) is 28.0. The van der Waals surface area contributed by atoms with Crippen LogP contribution in [0.2, 0.25) is 0 Å². The van der Waals surface area contributed by atoms with Gasteiger partial charge >= 0.3 is 12.1 Å². The SMILES string of the molecule is Cc1ccc(S(=O)NC(CNC(=O)c2cn(C)c3cc(CNc4nccn4C)ccc3c2=O)C(=O)O)cc1.Cc1ccc(S(=O)NCCCOCCOCCOCCCNC(=O)OCc2ccccc2)cc1. The molecule has 0 aliphatic rings. The number of nitrogens with one attached hydrogen (secondary N) is 5. The summed E-state index contributed by atoms with van der Waals surface area (Å²) in [5, 5.41) is 18.3. The van der Waals surface area contributed by atoms with Crippen LogP contribution in [-0.4, -0.2) is 111 Å². The number of rotatable bonds is 28. The molecule has 0 spiro atoms. The molecular formula is C51H64N8O11S2. The molecule has 3 atom stereocenters. The molecule has 6 N–H and O–H groups in total. The fraction of sp³-hybridized carbons (Fsp3) is 0.353. The molecule has 2 amide bonds. The number of hydrogen-bond acceptors (Lipinski definition) is 12. The van der Waals surface area contributed by atoms with Gasteiger partial charge in [0.15, 0.2) is 0 Å². The van der Waals surface area contributed by atoms with Crippen LogP contribution >= 0.6 is 0 Å². The van der Waals surface area contributed by atoms with Crippen molar-refractivity contribution < 1.29 is 46.9 Å². The van der Waals surface area contributed by atoms with Crippen molar-refractivity contribution in [2.75, 3.05) is 64.6 Å². The smallest absolute Gasteiger partial charge is 0.407 e. The minimum atomic E-state index is -1.80. The van der Waals surface area contributed by atoms with Crippen LogP contribution in [0.25, 0.3) is 10.9 Å². The molecule has 0 aliphatic carbocycles. The predicted molar refractivity (Wildman–Crippen MR) is 276 cm³/mol. The average molecular weight is 1030 g/mol. The first kappa shape index (κ1) is 56.3. The summed E-state index contributed by atoms with van der Waals surface area (Å²) in [7, 11) is 0.611. The van der Waals surface area contributed by atoms with Crippen LogP contribution in [0.3, 0.4) is 0 Å². The van der Waals surface area contributed by atoms with Gasteiger partial charge < -0.3 is 49.1 Å². The Hall–Kier alpha value is -6.59. The minimum Gasteiger partial charge on any atom is -0.480 e. The molecule has 2 heterocycles. The Balaban J connectivity index is 0.000000269. The number of carbonyl (C=O) groups is 3. The van der Waals surface area contributed by atoms with Gasteiger partial charge in [-0.25, -0.2) is 27.6 Å². The third kappa shape index (κ3) is 19.2. The number of aryl methyl sites for hydroxylation is 4. The normalized spacial score (nSPS) is 12.3. The first-order chi connectivity index (χ1) is 34.8. The van der Waals surface area contributed by atoms with Gasteiger partial charge in [0, 0.05) is 77.5 Å². The van der Waals surface area contributed by atoms with Gasteiger partial charge in [-0.15, -0.1) is 0 Å². The number of carboxylic acids is 1. The number of nitrogens with zero attached hydrogens (tertiary/aromatic N) is 3. The highest BCUT2D eigenvalue weighted by Crippen LogP contribution is 2.16. The summed E-state index contributed by atoms with van der Waals surface area (Å²) in [5.41, 5.74) is 4.05. The van der Waals surface area contributed by atoms with Crippen molar-refractivity contribution in [3.8, 4) is 0 Å². The summed E-state index contributed by atoms with van der Waals surface area (Å²) in [4.78, 5) is 54.7. The van der Waals surface area contributed by atoms with Crippen LogP contribution in [0.5, 0.6) is 0 Å². The number of ether oxygens (including phenoxy) is 4. The largest absolute Gasteiger partial charge is 0.480 e. The lowest BCUT2D eigenvalue weighted by atomic mass is 10.1. The molecule has 6 rings (SSSR count). The van der Waals surface area contributed by atoms with Crippen LogP contribution in [0.1, 0.15) is 45.5 Å². The van der Waals surface area contributed by atoms with E-state index in [0.29, 0.717) is 87.4 Å². The summed E-state index contributed by atoms with van der Waals surface area (Å²) >= 11 is 0. The van der Waals surface area contributed by atoms with Crippen LogP contribution in [-0.2, 0) is 73.0 Å². The van der Waals surface area contributed by atoms with E-state index in [1.807, 2.05) is 92.3 Å². The molecule has 0 saturated heterocycles. The van der Waals surface area contributed by atoms with Crippen molar-refractivity contribution in [2.24, 2.45) is 14.1 Å². The zero-order valence-electron chi connectivity index (χ0n) is 40.9. The quantitative estimate of drug-likeness (QED) is 0.0353. The molecule has 386 valence electrons. The van der Waals surface area contributed by atoms with Crippen LogP contribution in [0.15, 0.2) is 130 Å². The van der Waals surface area contributed by atoms with Crippen molar-refractivity contribution in [2.45, 2.75) is 55.7 Å². The van der Waals surface area contributed by atoms with E-state index in [2.05, 4.69) is 30.4 Å². The summed E-state index contributed by atoms with van der Waals surface area (Å²) in [6.45, 7) is 8.50. The van der Waals surface area contributed by atoms with E-state index < -0.39 is 51.4 Å². The van der Waals surface area contributed by atoms with Gasteiger partial charge in [-0.3, -0.25) is 14.4 Å². The topological polar surface area (TPSA) is 242 Å². The maximum Gasteiger partial charge on any atom is 0.407 e. The van der Waals surface area contributed by atoms with E-state index in [4.69, 9.17) is 18.9 Å². The highest BCUT2D eigenvalue weighted by molar-refractivity contribution is 7.83. The van der Waals surface area contributed by atoms with Gasteiger partial charge in [-0.1, -0.05) is 71.8 Å². The second kappa shape index (κ2) is 30.3. The molecule has 0 saturated carbocycles. The Morgan fingerprint density at radius 1 is 0.722 bits per heavy atom. The lowest BCUT2D eigenvalue weighted by molar-refractivity contribution is -0.138. The number of fused-ring (bicyclic) bond motifs is 1. The Labute approximate surface area is 424 Å². The van der Waals surface area contributed by atoms with E-state index in [0.717, 1.165) is 33.6 Å². The number of aliphatic carboxylic acids is 1. The molecule has 6 aromatic rings. The summed E-state index contributed by atoms with van der Waals surface area (Å²) in [6.07, 6.45) is 5.99. The van der Waals surface area contributed by atoms with Crippen molar-refractivity contribution in [1.82, 2.24) is 34.2 Å². The van der Waals surface area contributed by atoms with Gasteiger partial charge in [0.2, 0.25) is 11.4 Å². The Morgan fingerprint density at radius 2 is 1.33 bits per heavy atom. The standard InChI is InChI=1S/C26H28N6O5S.C25H36N2O6S/c1-16-4-7-18(8-5-16)38(37)30-21(25(35)36)14-28-24(34)20-15-32(3)22-12-17(6-9-19(22)23(20)33)13-29-26-27-10-11-31(26)2;1-22-9-11-24(12-10-22)34(29)27-14-6-16-31-18-20-32-19-17-30-15-5-13-26-25(28)33-21-23-7-3-2-4-8-23/h4-12,15,21,30H,13-14H2,1-3H3,(H,27,29)(H,28,34)(H,35,36);2-4,7-12,27H,5-6,13-21H2,1H3,(H,26,28).